The molecule has 6 heteroatoms. The van der Waals surface area contributed by atoms with Crippen molar-refractivity contribution in [3.05, 3.63) is 70.9 Å². The Morgan fingerprint density at radius 1 is 1.00 bits per heavy atom. The summed E-state index contributed by atoms with van der Waals surface area (Å²) in [6.45, 7) is -0.166. The van der Waals surface area contributed by atoms with Gasteiger partial charge >= 0.3 is 5.97 Å². The molecule has 0 radical (unpaired) electrons. The number of para-hydroxylation sites is 1. The third-order valence-electron chi connectivity index (χ3n) is 3.64. The molecule has 0 saturated heterocycles. The second kappa shape index (κ2) is 8.31. The summed E-state index contributed by atoms with van der Waals surface area (Å²) in [5, 5.41) is 4.40. The van der Waals surface area contributed by atoms with Gasteiger partial charge in [-0.05, 0) is 23.1 Å². The third kappa shape index (κ3) is 4.10. The van der Waals surface area contributed by atoms with Gasteiger partial charge in [0.15, 0.2) is 6.61 Å². The molecule has 26 heavy (non-hydrogen) atoms. The van der Waals surface area contributed by atoms with Gasteiger partial charge in [0.2, 0.25) is 0 Å². The van der Waals surface area contributed by atoms with Gasteiger partial charge in [-0.15, -0.1) is 11.3 Å². The van der Waals surface area contributed by atoms with Gasteiger partial charge in [-0.25, -0.2) is 4.79 Å². The number of esters is 1. The average molecular weight is 367 g/mol. The Hall–Kier alpha value is -3.12. The zero-order valence-electron chi connectivity index (χ0n) is 14.1. The molecule has 1 amide bonds. The van der Waals surface area contributed by atoms with Gasteiger partial charge in [0.25, 0.3) is 5.91 Å². The minimum absolute atomic E-state index is 0.166. The molecular weight excluding hydrogens is 350 g/mol. The minimum Gasteiger partial charge on any atom is -0.483 e. The second-order valence-electron chi connectivity index (χ2n) is 5.35. The molecule has 0 saturated carbocycles. The largest absolute Gasteiger partial charge is 0.483 e. The summed E-state index contributed by atoms with van der Waals surface area (Å²) >= 11 is 1.21. The van der Waals surface area contributed by atoms with Gasteiger partial charge in [-0.1, -0.05) is 48.5 Å². The van der Waals surface area contributed by atoms with Crippen LogP contribution in [0, 0.1) is 0 Å². The molecule has 0 spiro atoms. The summed E-state index contributed by atoms with van der Waals surface area (Å²) < 4.78 is 10.4. The van der Waals surface area contributed by atoms with E-state index in [0.29, 0.717) is 16.3 Å². The molecule has 0 bridgehead atoms. The SMILES string of the molecule is COC(=O)c1sccc1NC(=O)COc1ccccc1-c1ccccc1. The third-order valence-corrected chi connectivity index (χ3v) is 4.54. The monoisotopic (exact) mass is 367 g/mol. The Morgan fingerprint density at radius 2 is 1.73 bits per heavy atom. The minimum atomic E-state index is -0.481. The van der Waals surface area contributed by atoms with Crippen molar-refractivity contribution in [3.63, 3.8) is 0 Å². The molecule has 3 aromatic rings. The van der Waals surface area contributed by atoms with E-state index in [4.69, 9.17) is 9.47 Å². The van der Waals surface area contributed by atoms with Crippen LogP contribution in [-0.4, -0.2) is 25.6 Å². The lowest BCUT2D eigenvalue weighted by atomic mass is 10.1. The van der Waals surface area contributed by atoms with Gasteiger partial charge in [0.1, 0.15) is 10.6 Å². The molecule has 0 aliphatic rings. The van der Waals surface area contributed by atoms with Crippen molar-refractivity contribution >= 4 is 28.9 Å². The lowest BCUT2D eigenvalue weighted by Gasteiger charge is -2.12. The van der Waals surface area contributed by atoms with Crippen LogP contribution in [0.25, 0.3) is 11.1 Å². The fourth-order valence-electron chi connectivity index (χ4n) is 2.44. The topological polar surface area (TPSA) is 64.6 Å². The van der Waals surface area contributed by atoms with E-state index in [1.807, 2.05) is 54.6 Å². The van der Waals surface area contributed by atoms with Gasteiger partial charge in [-0.3, -0.25) is 4.79 Å². The van der Waals surface area contributed by atoms with E-state index in [-0.39, 0.29) is 12.5 Å². The Labute approximate surface area is 155 Å². The molecule has 0 aliphatic heterocycles. The number of hydrogen-bond donors (Lipinski definition) is 1. The molecule has 5 nitrogen and oxygen atoms in total. The number of carbonyl (C=O) groups excluding carboxylic acids is 2. The highest BCUT2D eigenvalue weighted by atomic mass is 32.1. The molecule has 0 unspecified atom stereocenters. The summed E-state index contributed by atoms with van der Waals surface area (Å²) in [5.41, 5.74) is 2.34. The lowest BCUT2D eigenvalue weighted by molar-refractivity contribution is -0.118. The van der Waals surface area contributed by atoms with Crippen molar-refractivity contribution in [2.24, 2.45) is 0 Å². The number of anilines is 1. The number of rotatable bonds is 6. The van der Waals surface area contributed by atoms with Gasteiger partial charge < -0.3 is 14.8 Å². The highest BCUT2D eigenvalue weighted by Crippen LogP contribution is 2.29. The molecule has 132 valence electrons. The molecule has 2 aromatic carbocycles. The molecule has 0 aliphatic carbocycles. The van der Waals surface area contributed by atoms with Crippen molar-refractivity contribution in [2.45, 2.75) is 0 Å². The Morgan fingerprint density at radius 3 is 2.50 bits per heavy atom. The zero-order chi connectivity index (χ0) is 18.4. The highest BCUT2D eigenvalue weighted by molar-refractivity contribution is 7.12. The first-order valence-electron chi connectivity index (χ1n) is 7.92. The van der Waals surface area contributed by atoms with Crippen LogP contribution in [0.5, 0.6) is 5.75 Å². The molecule has 3 rings (SSSR count). The zero-order valence-corrected chi connectivity index (χ0v) is 14.9. The maximum Gasteiger partial charge on any atom is 0.350 e. The summed E-state index contributed by atoms with van der Waals surface area (Å²) in [4.78, 5) is 24.2. The van der Waals surface area contributed by atoms with E-state index in [0.717, 1.165) is 11.1 Å². The summed E-state index contributed by atoms with van der Waals surface area (Å²) in [7, 11) is 1.30. The van der Waals surface area contributed by atoms with E-state index in [1.54, 1.807) is 11.4 Å². The Bertz CT molecular complexity index is 905. The number of amides is 1. The molecule has 1 heterocycles. The molecule has 0 atom stereocenters. The lowest BCUT2D eigenvalue weighted by Crippen LogP contribution is -2.21. The Balaban J connectivity index is 1.68. The van der Waals surface area contributed by atoms with Crippen LogP contribution in [0.2, 0.25) is 0 Å². The van der Waals surface area contributed by atoms with Crippen LogP contribution < -0.4 is 10.1 Å². The first kappa shape index (κ1) is 17.7. The standard InChI is InChI=1S/C20H17NO4S/c1-24-20(23)19-16(11-12-26-19)21-18(22)13-25-17-10-6-5-9-15(17)14-7-3-2-4-8-14/h2-12H,13H2,1H3,(H,21,22). The predicted molar refractivity (Wildman–Crippen MR) is 102 cm³/mol. The number of benzene rings is 2. The normalized spacial score (nSPS) is 10.2. The average Bonchev–Trinajstić information content (AvgIpc) is 3.14. The van der Waals surface area contributed by atoms with Crippen molar-refractivity contribution in [3.8, 4) is 16.9 Å². The van der Waals surface area contributed by atoms with E-state index in [2.05, 4.69) is 5.32 Å². The maximum atomic E-state index is 12.2. The molecule has 1 N–H and O–H groups in total. The van der Waals surface area contributed by atoms with Crippen molar-refractivity contribution in [2.75, 3.05) is 19.0 Å². The number of methoxy groups -OCH3 is 1. The molecule has 1 aromatic heterocycles. The number of thiophene rings is 1. The van der Waals surface area contributed by atoms with Gasteiger partial charge in [0, 0.05) is 5.56 Å². The number of hydrogen-bond acceptors (Lipinski definition) is 5. The van der Waals surface area contributed by atoms with Gasteiger partial charge in [-0.2, -0.15) is 0 Å². The first-order chi connectivity index (χ1) is 12.7. The fourth-order valence-corrected chi connectivity index (χ4v) is 3.20. The van der Waals surface area contributed by atoms with Gasteiger partial charge in [0.05, 0.1) is 12.8 Å². The van der Waals surface area contributed by atoms with Crippen LogP contribution in [0.15, 0.2) is 66.0 Å². The maximum absolute atomic E-state index is 12.2. The highest BCUT2D eigenvalue weighted by Gasteiger charge is 2.16. The summed E-state index contributed by atoms with van der Waals surface area (Å²) in [6.07, 6.45) is 0. The summed E-state index contributed by atoms with van der Waals surface area (Å²) in [5.74, 6) is -0.214. The first-order valence-corrected chi connectivity index (χ1v) is 8.80. The Kier molecular flexibility index (Phi) is 5.66. The van der Waals surface area contributed by atoms with Crippen molar-refractivity contribution < 1.29 is 19.1 Å². The van der Waals surface area contributed by atoms with Crippen molar-refractivity contribution in [1.29, 1.82) is 0 Å². The smallest absolute Gasteiger partial charge is 0.350 e. The molecular formula is C20H17NO4S. The quantitative estimate of drug-likeness (QED) is 0.663. The van der Waals surface area contributed by atoms with Crippen LogP contribution in [-0.2, 0) is 9.53 Å². The van der Waals surface area contributed by atoms with E-state index >= 15 is 0 Å². The summed E-state index contributed by atoms with van der Waals surface area (Å²) in [6, 6.07) is 19.0. The molecule has 0 fully saturated rings. The van der Waals surface area contributed by atoms with E-state index in [9.17, 15) is 9.59 Å². The number of carbonyl (C=O) groups is 2. The second-order valence-corrected chi connectivity index (χ2v) is 6.27. The number of ether oxygens (including phenoxy) is 2. The number of nitrogens with one attached hydrogen (secondary N) is 1. The predicted octanol–water partition coefficient (Wildman–Crippen LogP) is 4.22. The van der Waals surface area contributed by atoms with E-state index in [1.165, 1.54) is 18.4 Å². The van der Waals surface area contributed by atoms with Crippen LogP contribution >= 0.6 is 11.3 Å². The van der Waals surface area contributed by atoms with Crippen LogP contribution in [0.3, 0.4) is 0 Å². The van der Waals surface area contributed by atoms with E-state index < -0.39 is 5.97 Å². The van der Waals surface area contributed by atoms with Crippen LogP contribution in [0.1, 0.15) is 9.67 Å². The van der Waals surface area contributed by atoms with Crippen molar-refractivity contribution in [1.82, 2.24) is 0 Å². The fraction of sp³-hybridized carbons (Fsp3) is 0.100. The van der Waals surface area contributed by atoms with Crippen LogP contribution in [0.4, 0.5) is 5.69 Å².